The Labute approximate surface area is 193 Å². The van der Waals surface area contributed by atoms with E-state index in [4.69, 9.17) is 0 Å². The summed E-state index contributed by atoms with van der Waals surface area (Å²) in [5.74, 6) is -0.454. The highest BCUT2D eigenvalue weighted by Gasteiger charge is 2.12. The molecule has 0 saturated carbocycles. The number of amides is 1. The van der Waals surface area contributed by atoms with Crippen molar-refractivity contribution >= 4 is 52.4 Å². The summed E-state index contributed by atoms with van der Waals surface area (Å²) in [4.78, 5) is 19.1. The molecule has 4 aromatic rings. The standard InChI is InChI=1S/C26H20N4O.ClH/c1-30(21-7-3-2-4-8-21)22-14-12-19(13-15-22)17-20(18-27)26(31)29-25-11-5-10-24-23(25)9-6-16-28-24;/h2-17H,1H3,(H,29,31);1H/b20-17+;. The van der Waals surface area contributed by atoms with Gasteiger partial charge < -0.3 is 10.2 Å². The lowest BCUT2D eigenvalue weighted by molar-refractivity contribution is -0.112. The number of anilines is 3. The van der Waals surface area contributed by atoms with Gasteiger partial charge in [0.2, 0.25) is 0 Å². The number of halogens is 1. The SMILES string of the molecule is CN(c1ccccc1)c1ccc(/C=C(\C#N)C(=O)Nc2cccc3ncccc23)cc1.Cl. The number of nitriles is 1. The van der Waals surface area contributed by atoms with Crippen LogP contribution in [0.1, 0.15) is 5.56 Å². The van der Waals surface area contributed by atoms with Crippen LogP contribution in [-0.4, -0.2) is 17.9 Å². The van der Waals surface area contributed by atoms with Crippen molar-refractivity contribution in [2.24, 2.45) is 0 Å². The van der Waals surface area contributed by atoms with E-state index in [1.54, 1.807) is 18.3 Å². The van der Waals surface area contributed by atoms with Crippen molar-refractivity contribution in [2.45, 2.75) is 0 Å². The van der Waals surface area contributed by atoms with Gasteiger partial charge in [-0.25, -0.2) is 0 Å². The summed E-state index contributed by atoms with van der Waals surface area (Å²) in [5, 5.41) is 13.2. The van der Waals surface area contributed by atoms with Gasteiger partial charge in [-0.15, -0.1) is 12.4 Å². The van der Waals surface area contributed by atoms with Crippen LogP contribution >= 0.6 is 12.4 Å². The fourth-order valence-electron chi connectivity index (χ4n) is 3.31. The van der Waals surface area contributed by atoms with Crippen LogP contribution in [0.3, 0.4) is 0 Å². The highest BCUT2D eigenvalue weighted by Crippen LogP contribution is 2.25. The predicted molar refractivity (Wildman–Crippen MR) is 132 cm³/mol. The lowest BCUT2D eigenvalue weighted by atomic mass is 10.1. The topological polar surface area (TPSA) is 69.0 Å². The molecular weight excluding hydrogens is 420 g/mol. The lowest BCUT2D eigenvalue weighted by Crippen LogP contribution is -2.13. The number of hydrogen-bond donors (Lipinski definition) is 1. The van der Waals surface area contributed by atoms with E-state index in [0.29, 0.717) is 5.69 Å². The number of pyridine rings is 1. The Kier molecular flexibility index (Phi) is 7.22. The predicted octanol–water partition coefficient (Wildman–Crippen LogP) is 5.97. The van der Waals surface area contributed by atoms with Crippen molar-refractivity contribution in [3.05, 3.63) is 102 Å². The summed E-state index contributed by atoms with van der Waals surface area (Å²) < 4.78 is 0. The van der Waals surface area contributed by atoms with E-state index in [9.17, 15) is 10.1 Å². The van der Waals surface area contributed by atoms with Crippen LogP contribution in [0.2, 0.25) is 0 Å². The summed E-state index contributed by atoms with van der Waals surface area (Å²) in [5.41, 5.74) is 4.29. The van der Waals surface area contributed by atoms with E-state index in [2.05, 4.69) is 15.2 Å². The molecule has 0 unspecified atom stereocenters. The molecule has 1 N–H and O–H groups in total. The zero-order valence-corrected chi connectivity index (χ0v) is 18.2. The number of nitrogens with one attached hydrogen (secondary N) is 1. The number of hydrogen-bond acceptors (Lipinski definition) is 4. The summed E-state index contributed by atoms with van der Waals surface area (Å²) in [6.45, 7) is 0. The Bertz CT molecular complexity index is 1290. The second-order valence-corrected chi connectivity index (χ2v) is 6.99. The van der Waals surface area contributed by atoms with Crippen LogP contribution < -0.4 is 10.2 Å². The van der Waals surface area contributed by atoms with E-state index in [1.165, 1.54) is 0 Å². The van der Waals surface area contributed by atoms with Crippen molar-refractivity contribution in [2.75, 3.05) is 17.3 Å². The third-order valence-corrected chi connectivity index (χ3v) is 4.99. The van der Waals surface area contributed by atoms with Crippen LogP contribution in [0.15, 0.2) is 96.7 Å². The Morgan fingerprint density at radius 2 is 1.66 bits per heavy atom. The smallest absolute Gasteiger partial charge is 0.266 e. The molecule has 0 aliphatic heterocycles. The average molecular weight is 441 g/mol. The lowest BCUT2D eigenvalue weighted by Gasteiger charge is -2.19. The van der Waals surface area contributed by atoms with Gasteiger partial charge in [-0.2, -0.15) is 5.26 Å². The molecule has 0 atom stereocenters. The van der Waals surface area contributed by atoms with Crippen LogP contribution in [0.5, 0.6) is 0 Å². The van der Waals surface area contributed by atoms with Gasteiger partial charge in [0.15, 0.2) is 0 Å². The van der Waals surface area contributed by atoms with Gasteiger partial charge >= 0.3 is 0 Å². The zero-order chi connectivity index (χ0) is 21.6. The maximum atomic E-state index is 12.7. The van der Waals surface area contributed by atoms with Gasteiger partial charge in [-0.05, 0) is 60.2 Å². The fourth-order valence-corrected chi connectivity index (χ4v) is 3.31. The highest BCUT2D eigenvalue weighted by molar-refractivity contribution is 6.12. The number of nitrogens with zero attached hydrogens (tertiary/aromatic N) is 3. The highest BCUT2D eigenvalue weighted by atomic mass is 35.5. The molecule has 0 saturated heterocycles. The molecule has 6 heteroatoms. The van der Waals surface area contributed by atoms with Crippen molar-refractivity contribution in [1.29, 1.82) is 5.26 Å². The molecule has 3 aromatic carbocycles. The number of aromatic nitrogens is 1. The van der Waals surface area contributed by atoms with E-state index in [-0.39, 0.29) is 18.0 Å². The van der Waals surface area contributed by atoms with Crippen LogP contribution in [-0.2, 0) is 4.79 Å². The Hall–Kier alpha value is -4.14. The number of benzene rings is 3. The van der Waals surface area contributed by atoms with E-state index in [0.717, 1.165) is 27.8 Å². The minimum atomic E-state index is -0.454. The van der Waals surface area contributed by atoms with E-state index in [1.807, 2.05) is 92.0 Å². The quantitative estimate of drug-likeness (QED) is 0.306. The van der Waals surface area contributed by atoms with Crippen molar-refractivity contribution in [3.8, 4) is 6.07 Å². The maximum Gasteiger partial charge on any atom is 0.266 e. The number of fused-ring (bicyclic) bond motifs is 1. The first-order valence-electron chi connectivity index (χ1n) is 9.81. The molecular formula is C26H21ClN4O. The van der Waals surface area contributed by atoms with E-state index >= 15 is 0 Å². The summed E-state index contributed by atoms with van der Waals surface area (Å²) in [7, 11) is 1.99. The van der Waals surface area contributed by atoms with E-state index < -0.39 is 5.91 Å². The summed E-state index contributed by atoms with van der Waals surface area (Å²) >= 11 is 0. The third kappa shape index (κ3) is 4.94. The van der Waals surface area contributed by atoms with Gasteiger partial charge in [-0.1, -0.05) is 36.4 Å². The van der Waals surface area contributed by atoms with Gasteiger partial charge in [-0.3, -0.25) is 9.78 Å². The van der Waals surface area contributed by atoms with Crippen LogP contribution in [0.25, 0.3) is 17.0 Å². The normalized spacial score (nSPS) is 10.7. The largest absolute Gasteiger partial charge is 0.345 e. The van der Waals surface area contributed by atoms with Gasteiger partial charge in [0, 0.05) is 30.0 Å². The molecule has 5 nitrogen and oxygen atoms in total. The number of carbonyl (C=O) groups is 1. The Balaban J connectivity index is 0.00000289. The van der Waals surface area contributed by atoms with Crippen LogP contribution in [0, 0.1) is 11.3 Å². The first-order valence-corrected chi connectivity index (χ1v) is 9.81. The fraction of sp³-hybridized carbons (Fsp3) is 0.0385. The van der Waals surface area contributed by atoms with Gasteiger partial charge in [0.05, 0.1) is 11.2 Å². The minimum absolute atomic E-state index is 0. The molecule has 0 radical (unpaired) electrons. The number of rotatable bonds is 5. The first kappa shape index (κ1) is 22.5. The monoisotopic (exact) mass is 440 g/mol. The molecule has 1 amide bonds. The number of carbonyl (C=O) groups excluding carboxylic acids is 1. The molecule has 32 heavy (non-hydrogen) atoms. The molecule has 1 heterocycles. The molecule has 0 aliphatic rings. The molecule has 0 fully saturated rings. The molecule has 0 spiro atoms. The molecule has 4 rings (SSSR count). The van der Waals surface area contributed by atoms with Gasteiger partial charge in [0.25, 0.3) is 5.91 Å². The molecule has 1 aromatic heterocycles. The second kappa shape index (κ2) is 10.3. The maximum absolute atomic E-state index is 12.7. The Morgan fingerprint density at radius 3 is 2.38 bits per heavy atom. The summed E-state index contributed by atoms with van der Waals surface area (Å²) in [6.07, 6.45) is 3.29. The third-order valence-electron chi connectivity index (χ3n) is 4.99. The number of para-hydroxylation sites is 1. The van der Waals surface area contributed by atoms with Crippen molar-refractivity contribution < 1.29 is 4.79 Å². The zero-order valence-electron chi connectivity index (χ0n) is 17.4. The first-order chi connectivity index (χ1) is 15.2. The van der Waals surface area contributed by atoms with Crippen molar-refractivity contribution in [1.82, 2.24) is 4.98 Å². The molecule has 0 bridgehead atoms. The van der Waals surface area contributed by atoms with Crippen LogP contribution in [0.4, 0.5) is 17.1 Å². The van der Waals surface area contributed by atoms with Gasteiger partial charge in [0.1, 0.15) is 11.6 Å². The second-order valence-electron chi connectivity index (χ2n) is 6.99. The molecule has 0 aliphatic carbocycles. The van der Waals surface area contributed by atoms with Crippen molar-refractivity contribution in [3.63, 3.8) is 0 Å². The Morgan fingerprint density at radius 1 is 0.938 bits per heavy atom. The summed E-state index contributed by atoms with van der Waals surface area (Å²) in [6, 6.07) is 28.9. The molecule has 158 valence electrons. The average Bonchev–Trinajstić information content (AvgIpc) is 2.83. The minimum Gasteiger partial charge on any atom is -0.345 e.